The van der Waals surface area contributed by atoms with Crippen molar-refractivity contribution in [3.8, 4) is 16.9 Å². The first-order chi connectivity index (χ1) is 15.0. The summed E-state index contributed by atoms with van der Waals surface area (Å²) in [5.41, 5.74) is 2.36. The van der Waals surface area contributed by atoms with Gasteiger partial charge in [-0.25, -0.2) is 4.79 Å². The summed E-state index contributed by atoms with van der Waals surface area (Å²) in [5.74, 6) is 0.407. The fourth-order valence-corrected chi connectivity index (χ4v) is 3.37. The highest BCUT2D eigenvalue weighted by Crippen LogP contribution is 2.27. The number of ether oxygens (including phenoxy) is 2. The molecule has 4 rings (SSSR count). The minimum Gasteiger partial charge on any atom is -0.482 e. The van der Waals surface area contributed by atoms with Crippen molar-refractivity contribution in [1.82, 2.24) is 0 Å². The molecule has 0 spiro atoms. The first-order valence-electron chi connectivity index (χ1n) is 9.67. The van der Waals surface area contributed by atoms with E-state index in [0.29, 0.717) is 33.1 Å². The second-order valence-corrected chi connectivity index (χ2v) is 7.40. The molecule has 4 aromatic rings. The predicted octanol–water partition coefficient (Wildman–Crippen LogP) is 5.54. The zero-order valence-electron chi connectivity index (χ0n) is 16.8. The van der Waals surface area contributed by atoms with Crippen LogP contribution in [-0.4, -0.2) is 12.6 Å². The van der Waals surface area contributed by atoms with E-state index in [-0.39, 0.29) is 18.6 Å². The van der Waals surface area contributed by atoms with Gasteiger partial charge in [0.15, 0.2) is 6.61 Å². The lowest BCUT2D eigenvalue weighted by Gasteiger charge is -2.10. The minimum absolute atomic E-state index is 0.144. The van der Waals surface area contributed by atoms with Crippen molar-refractivity contribution in [2.24, 2.45) is 0 Å². The lowest BCUT2D eigenvalue weighted by atomic mass is 10.0. The minimum atomic E-state index is -0.486. The molecule has 0 saturated carbocycles. The SMILES string of the molecule is Cc1oc2cc(OCC(=O)OCc3ccccc3)ccc2c(=O)c1-c1ccc(Cl)cc1. The van der Waals surface area contributed by atoms with Crippen molar-refractivity contribution in [2.45, 2.75) is 13.5 Å². The number of carbonyl (C=O) groups excluding carboxylic acids is 1. The van der Waals surface area contributed by atoms with Crippen LogP contribution < -0.4 is 10.2 Å². The maximum absolute atomic E-state index is 13.0. The van der Waals surface area contributed by atoms with E-state index in [1.165, 1.54) is 0 Å². The molecule has 0 aliphatic carbocycles. The topological polar surface area (TPSA) is 65.7 Å². The molecular weight excluding hydrogens is 416 g/mol. The number of rotatable bonds is 6. The van der Waals surface area contributed by atoms with Crippen LogP contribution in [0.25, 0.3) is 22.1 Å². The lowest BCUT2D eigenvalue weighted by Crippen LogP contribution is -2.15. The van der Waals surface area contributed by atoms with Gasteiger partial charge >= 0.3 is 5.97 Å². The molecule has 0 saturated heterocycles. The van der Waals surface area contributed by atoms with E-state index in [9.17, 15) is 9.59 Å². The average molecular weight is 435 g/mol. The zero-order chi connectivity index (χ0) is 21.8. The molecule has 0 amide bonds. The van der Waals surface area contributed by atoms with Crippen molar-refractivity contribution in [1.29, 1.82) is 0 Å². The Morgan fingerprint density at radius 1 is 1.00 bits per heavy atom. The van der Waals surface area contributed by atoms with E-state index < -0.39 is 5.97 Å². The van der Waals surface area contributed by atoms with Crippen LogP contribution >= 0.6 is 11.6 Å². The van der Waals surface area contributed by atoms with Crippen LogP contribution in [0, 0.1) is 6.92 Å². The maximum atomic E-state index is 13.0. The predicted molar refractivity (Wildman–Crippen MR) is 119 cm³/mol. The number of halogens is 1. The van der Waals surface area contributed by atoms with E-state index in [0.717, 1.165) is 11.1 Å². The summed E-state index contributed by atoms with van der Waals surface area (Å²) in [6.45, 7) is 1.67. The van der Waals surface area contributed by atoms with Crippen molar-refractivity contribution < 1.29 is 18.7 Å². The molecule has 0 aliphatic rings. The van der Waals surface area contributed by atoms with Crippen molar-refractivity contribution in [2.75, 3.05) is 6.61 Å². The fraction of sp³-hybridized carbons (Fsp3) is 0.120. The van der Waals surface area contributed by atoms with Gasteiger partial charge in [0.25, 0.3) is 0 Å². The van der Waals surface area contributed by atoms with Crippen LogP contribution in [0.3, 0.4) is 0 Å². The Morgan fingerprint density at radius 3 is 2.48 bits per heavy atom. The van der Waals surface area contributed by atoms with Crippen LogP contribution in [-0.2, 0) is 16.1 Å². The Balaban J connectivity index is 1.49. The third-order valence-electron chi connectivity index (χ3n) is 4.77. The van der Waals surface area contributed by atoms with Gasteiger partial charge in [-0.05, 0) is 42.3 Å². The molecule has 0 radical (unpaired) electrons. The van der Waals surface area contributed by atoms with Gasteiger partial charge < -0.3 is 13.9 Å². The highest BCUT2D eigenvalue weighted by molar-refractivity contribution is 6.30. The van der Waals surface area contributed by atoms with Gasteiger partial charge in [-0.15, -0.1) is 0 Å². The summed E-state index contributed by atoms with van der Waals surface area (Å²) in [5, 5.41) is 1.02. The van der Waals surface area contributed by atoms with E-state index >= 15 is 0 Å². The Kier molecular flexibility index (Phi) is 6.05. The number of carbonyl (C=O) groups is 1. The molecule has 1 aromatic heterocycles. The Morgan fingerprint density at radius 2 is 1.74 bits per heavy atom. The second-order valence-electron chi connectivity index (χ2n) is 6.96. The number of fused-ring (bicyclic) bond motifs is 1. The third-order valence-corrected chi connectivity index (χ3v) is 5.02. The molecule has 31 heavy (non-hydrogen) atoms. The second kappa shape index (κ2) is 9.06. The monoisotopic (exact) mass is 434 g/mol. The number of aryl methyl sites for hydroxylation is 1. The molecule has 1 heterocycles. The Hall–Kier alpha value is -3.57. The summed E-state index contributed by atoms with van der Waals surface area (Å²) in [4.78, 5) is 25.0. The summed E-state index contributed by atoms with van der Waals surface area (Å²) in [6.07, 6.45) is 0. The van der Waals surface area contributed by atoms with Gasteiger partial charge in [0.1, 0.15) is 23.7 Å². The maximum Gasteiger partial charge on any atom is 0.344 e. The summed E-state index contributed by atoms with van der Waals surface area (Å²) in [6, 6.07) is 21.3. The standard InChI is InChI=1S/C25H19ClO5/c1-16-24(18-7-9-19(26)10-8-18)25(28)21-12-11-20(13-22(21)31-16)29-15-23(27)30-14-17-5-3-2-4-6-17/h2-13H,14-15H2,1H3. The molecule has 6 heteroatoms. The molecular formula is C25H19ClO5. The lowest BCUT2D eigenvalue weighted by molar-refractivity contribution is -0.147. The third kappa shape index (κ3) is 4.78. The average Bonchev–Trinajstić information content (AvgIpc) is 2.78. The van der Waals surface area contributed by atoms with Crippen LogP contribution in [0.5, 0.6) is 5.75 Å². The molecule has 156 valence electrons. The highest BCUT2D eigenvalue weighted by atomic mass is 35.5. The number of esters is 1. The molecule has 0 bridgehead atoms. The molecule has 3 aromatic carbocycles. The van der Waals surface area contributed by atoms with Gasteiger partial charge in [0.05, 0.1) is 10.9 Å². The largest absolute Gasteiger partial charge is 0.482 e. The van der Waals surface area contributed by atoms with Crippen LogP contribution in [0.4, 0.5) is 0 Å². The Bertz CT molecular complexity index is 1280. The van der Waals surface area contributed by atoms with Crippen LogP contribution in [0.2, 0.25) is 5.02 Å². The quantitative estimate of drug-likeness (QED) is 0.372. The summed E-state index contributed by atoms with van der Waals surface area (Å²) in [7, 11) is 0. The normalized spacial score (nSPS) is 10.8. The van der Waals surface area contributed by atoms with E-state index in [2.05, 4.69) is 0 Å². The smallest absolute Gasteiger partial charge is 0.344 e. The molecule has 0 atom stereocenters. The Labute approximate surface area is 183 Å². The summed E-state index contributed by atoms with van der Waals surface area (Å²) < 4.78 is 16.6. The molecule has 5 nitrogen and oxygen atoms in total. The van der Waals surface area contributed by atoms with Gasteiger partial charge in [0.2, 0.25) is 5.43 Å². The van der Waals surface area contributed by atoms with Crippen molar-refractivity contribution in [3.63, 3.8) is 0 Å². The molecule has 0 aliphatic heterocycles. The van der Waals surface area contributed by atoms with Crippen molar-refractivity contribution >= 4 is 28.5 Å². The first kappa shape index (κ1) is 20.7. The van der Waals surface area contributed by atoms with E-state index in [4.69, 9.17) is 25.5 Å². The molecule has 0 unspecified atom stereocenters. The first-order valence-corrected chi connectivity index (χ1v) is 10.0. The van der Waals surface area contributed by atoms with E-state index in [1.54, 1.807) is 49.4 Å². The van der Waals surface area contributed by atoms with E-state index in [1.807, 2.05) is 30.3 Å². The number of hydrogen-bond acceptors (Lipinski definition) is 5. The number of benzene rings is 3. The summed E-state index contributed by atoms with van der Waals surface area (Å²) >= 11 is 5.95. The fourth-order valence-electron chi connectivity index (χ4n) is 3.25. The van der Waals surface area contributed by atoms with Gasteiger partial charge in [-0.2, -0.15) is 0 Å². The number of hydrogen-bond donors (Lipinski definition) is 0. The molecule has 0 fully saturated rings. The highest BCUT2D eigenvalue weighted by Gasteiger charge is 2.14. The van der Waals surface area contributed by atoms with Crippen molar-refractivity contribution in [3.05, 3.63) is 99.4 Å². The van der Waals surface area contributed by atoms with Crippen LogP contribution in [0.1, 0.15) is 11.3 Å². The molecule has 0 N–H and O–H groups in total. The van der Waals surface area contributed by atoms with Gasteiger partial charge in [-0.3, -0.25) is 4.79 Å². The van der Waals surface area contributed by atoms with Crippen LogP contribution in [0.15, 0.2) is 82.0 Å². The van der Waals surface area contributed by atoms with Gasteiger partial charge in [-0.1, -0.05) is 54.1 Å². The zero-order valence-corrected chi connectivity index (χ0v) is 17.5. The van der Waals surface area contributed by atoms with Gasteiger partial charge in [0, 0.05) is 11.1 Å².